The zero-order chi connectivity index (χ0) is 12.6. The third-order valence-electron chi connectivity index (χ3n) is 4.74. The van der Waals surface area contributed by atoms with Gasteiger partial charge in [0, 0.05) is 18.1 Å². The predicted molar refractivity (Wildman–Crippen MR) is 79.0 cm³/mol. The van der Waals surface area contributed by atoms with Gasteiger partial charge in [0.2, 0.25) is 0 Å². The van der Waals surface area contributed by atoms with Crippen LogP contribution in [0.1, 0.15) is 77.6 Å². The van der Waals surface area contributed by atoms with Crippen LogP contribution in [0.3, 0.4) is 0 Å². The second kappa shape index (κ2) is 8.16. The van der Waals surface area contributed by atoms with Crippen molar-refractivity contribution in [2.24, 2.45) is 0 Å². The van der Waals surface area contributed by atoms with E-state index in [9.17, 15) is 0 Å². The molecule has 0 heterocycles. The van der Waals surface area contributed by atoms with Gasteiger partial charge >= 0.3 is 0 Å². The molecule has 0 unspecified atom stereocenters. The summed E-state index contributed by atoms with van der Waals surface area (Å²) in [4.78, 5) is 0. The van der Waals surface area contributed by atoms with Gasteiger partial charge in [-0.05, 0) is 51.5 Å². The molecule has 0 aromatic rings. The molecule has 106 valence electrons. The SMILES string of the molecule is CCCNC1CCC(NC2CCCCCC2)CC1. The van der Waals surface area contributed by atoms with Crippen LogP contribution in [0.25, 0.3) is 0 Å². The summed E-state index contributed by atoms with van der Waals surface area (Å²) in [5.74, 6) is 0. The van der Waals surface area contributed by atoms with E-state index in [0.717, 1.165) is 18.1 Å². The topological polar surface area (TPSA) is 24.1 Å². The lowest BCUT2D eigenvalue weighted by atomic mass is 9.90. The average molecular weight is 252 g/mol. The maximum Gasteiger partial charge on any atom is 0.00708 e. The molecular weight excluding hydrogens is 220 g/mol. The summed E-state index contributed by atoms with van der Waals surface area (Å²) < 4.78 is 0. The summed E-state index contributed by atoms with van der Waals surface area (Å²) in [7, 11) is 0. The summed E-state index contributed by atoms with van der Waals surface area (Å²) in [5, 5.41) is 7.62. The second-order valence-corrected chi connectivity index (χ2v) is 6.36. The molecule has 0 atom stereocenters. The van der Waals surface area contributed by atoms with Crippen LogP contribution in [0, 0.1) is 0 Å². The van der Waals surface area contributed by atoms with Crippen molar-refractivity contribution >= 4 is 0 Å². The van der Waals surface area contributed by atoms with Crippen LogP contribution < -0.4 is 10.6 Å². The van der Waals surface area contributed by atoms with Crippen molar-refractivity contribution in [3.8, 4) is 0 Å². The van der Waals surface area contributed by atoms with E-state index in [2.05, 4.69) is 17.6 Å². The molecule has 2 aliphatic carbocycles. The molecule has 0 aromatic heterocycles. The standard InChI is InChI=1S/C16H32N2/c1-2-13-17-14-9-11-16(12-10-14)18-15-7-5-3-4-6-8-15/h14-18H,2-13H2,1H3. The minimum Gasteiger partial charge on any atom is -0.314 e. The molecule has 2 rings (SSSR count). The van der Waals surface area contributed by atoms with Crippen molar-refractivity contribution in [2.75, 3.05) is 6.54 Å². The van der Waals surface area contributed by atoms with Gasteiger partial charge in [0.25, 0.3) is 0 Å². The lowest BCUT2D eigenvalue weighted by molar-refractivity contribution is 0.279. The van der Waals surface area contributed by atoms with E-state index in [1.165, 1.54) is 77.2 Å². The maximum absolute atomic E-state index is 3.95. The smallest absolute Gasteiger partial charge is 0.00708 e. The van der Waals surface area contributed by atoms with Gasteiger partial charge in [-0.2, -0.15) is 0 Å². The summed E-state index contributed by atoms with van der Waals surface area (Å²) in [6.07, 6.45) is 15.5. The van der Waals surface area contributed by atoms with Gasteiger partial charge in [-0.15, -0.1) is 0 Å². The third-order valence-corrected chi connectivity index (χ3v) is 4.74. The van der Waals surface area contributed by atoms with E-state index >= 15 is 0 Å². The molecule has 0 spiro atoms. The van der Waals surface area contributed by atoms with Crippen LogP contribution in [0.2, 0.25) is 0 Å². The minimum atomic E-state index is 0.803. The van der Waals surface area contributed by atoms with Gasteiger partial charge in [0.05, 0.1) is 0 Å². The first-order valence-electron chi connectivity index (χ1n) is 8.38. The average Bonchev–Trinajstić information content (AvgIpc) is 2.67. The van der Waals surface area contributed by atoms with E-state index in [1.807, 2.05) is 0 Å². The lowest BCUT2D eigenvalue weighted by Gasteiger charge is -2.32. The molecule has 0 amide bonds. The molecule has 0 aromatic carbocycles. The minimum absolute atomic E-state index is 0.803. The summed E-state index contributed by atoms with van der Waals surface area (Å²) in [6.45, 7) is 3.46. The predicted octanol–water partition coefficient (Wildman–Crippen LogP) is 3.61. The first kappa shape index (κ1) is 14.3. The Balaban J connectivity index is 1.63. The Morgan fingerprint density at radius 2 is 1.28 bits per heavy atom. The first-order valence-corrected chi connectivity index (χ1v) is 8.38. The molecule has 2 heteroatoms. The third kappa shape index (κ3) is 4.89. The zero-order valence-electron chi connectivity index (χ0n) is 12.2. The Kier molecular flexibility index (Phi) is 6.50. The molecule has 2 N–H and O–H groups in total. The van der Waals surface area contributed by atoms with Crippen LogP contribution in [0.15, 0.2) is 0 Å². The van der Waals surface area contributed by atoms with Crippen molar-refractivity contribution in [1.82, 2.24) is 10.6 Å². The highest BCUT2D eigenvalue weighted by Crippen LogP contribution is 2.22. The van der Waals surface area contributed by atoms with Gasteiger partial charge in [-0.1, -0.05) is 32.6 Å². The zero-order valence-corrected chi connectivity index (χ0v) is 12.2. The fraction of sp³-hybridized carbons (Fsp3) is 1.00. The highest BCUT2D eigenvalue weighted by atomic mass is 15.0. The van der Waals surface area contributed by atoms with Crippen molar-refractivity contribution < 1.29 is 0 Å². The largest absolute Gasteiger partial charge is 0.314 e. The molecule has 0 saturated heterocycles. The quantitative estimate of drug-likeness (QED) is 0.730. The Bertz CT molecular complexity index is 201. The van der Waals surface area contributed by atoms with E-state index in [4.69, 9.17) is 0 Å². The van der Waals surface area contributed by atoms with Crippen molar-refractivity contribution in [1.29, 1.82) is 0 Å². The maximum atomic E-state index is 3.95. The highest BCUT2D eigenvalue weighted by molar-refractivity contribution is 4.83. The van der Waals surface area contributed by atoms with Crippen molar-refractivity contribution in [3.63, 3.8) is 0 Å². The van der Waals surface area contributed by atoms with Gasteiger partial charge in [-0.3, -0.25) is 0 Å². The number of nitrogens with one attached hydrogen (secondary N) is 2. The van der Waals surface area contributed by atoms with Crippen LogP contribution in [-0.2, 0) is 0 Å². The normalized spacial score (nSPS) is 31.2. The van der Waals surface area contributed by atoms with Crippen LogP contribution in [-0.4, -0.2) is 24.7 Å². The van der Waals surface area contributed by atoms with Crippen molar-refractivity contribution in [2.45, 2.75) is 95.7 Å². The highest BCUT2D eigenvalue weighted by Gasteiger charge is 2.23. The van der Waals surface area contributed by atoms with Crippen LogP contribution in [0.4, 0.5) is 0 Å². The number of hydrogen-bond acceptors (Lipinski definition) is 2. The van der Waals surface area contributed by atoms with E-state index in [1.54, 1.807) is 0 Å². The van der Waals surface area contributed by atoms with Crippen molar-refractivity contribution in [3.05, 3.63) is 0 Å². The summed E-state index contributed by atoms with van der Waals surface area (Å²) >= 11 is 0. The van der Waals surface area contributed by atoms with Gasteiger partial charge in [0.1, 0.15) is 0 Å². The first-order chi connectivity index (χ1) is 8.88. The molecule has 2 aliphatic rings. The number of hydrogen-bond donors (Lipinski definition) is 2. The molecule has 2 saturated carbocycles. The Hall–Kier alpha value is -0.0800. The van der Waals surface area contributed by atoms with E-state index < -0.39 is 0 Å². The molecule has 0 aliphatic heterocycles. The van der Waals surface area contributed by atoms with E-state index in [0.29, 0.717) is 0 Å². The summed E-state index contributed by atoms with van der Waals surface area (Å²) in [6, 6.07) is 2.45. The van der Waals surface area contributed by atoms with Crippen LogP contribution >= 0.6 is 0 Å². The van der Waals surface area contributed by atoms with Gasteiger partial charge in [-0.25, -0.2) is 0 Å². The van der Waals surface area contributed by atoms with Gasteiger partial charge in [0.15, 0.2) is 0 Å². The lowest BCUT2D eigenvalue weighted by Crippen LogP contribution is -2.43. The van der Waals surface area contributed by atoms with E-state index in [-0.39, 0.29) is 0 Å². The second-order valence-electron chi connectivity index (χ2n) is 6.36. The summed E-state index contributed by atoms with van der Waals surface area (Å²) in [5.41, 5.74) is 0. The fourth-order valence-electron chi connectivity index (χ4n) is 3.59. The molecule has 0 radical (unpaired) electrons. The Morgan fingerprint density at radius 3 is 1.89 bits per heavy atom. The number of rotatable bonds is 5. The monoisotopic (exact) mass is 252 g/mol. The molecule has 2 nitrogen and oxygen atoms in total. The molecule has 0 bridgehead atoms. The Morgan fingerprint density at radius 1 is 0.722 bits per heavy atom. The fourth-order valence-corrected chi connectivity index (χ4v) is 3.59. The van der Waals surface area contributed by atoms with Gasteiger partial charge < -0.3 is 10.6 Å². The molecule has 18 heavy (non-hydrogen) atoms. The Labute approximate surface area is 113 Å². The van der Waals surface area contributed by atoms with Crippen LogP contribution in [0.5, 0.6) is 0 Å². The molecule has 2 fully saturated rings. The molecular formula is C16H32N2.